The molecule has 0 spiro atoms. The molecule has 0 aromatic heterocycles. The predicted octanol–water partition coefficient (Wildman–Crippen LogP) is 10.6. The summed E-state index contributed by atoms with van der Waals surface area (Å²) in [6.07, 6.45) is 0. The van der Waals surface area contributed by atoms with E-state index in [0.717, 1.165) is 21.5 Å². The van der Waals surface area contributed by atoms with Crippen molar-refractivity contribution in [3.63, 3.8) is 0 Å². The number of phenols is 2. The fraction of sp³-hybridized carbons (Fsp3) is 0. The highest BCUT2D eigenvalue weighted by Crippen LogP contribution is 2.38. The Labute approximate surface area is 253 Å². The second kappa shape index (κ2) is 11.6. The highest BCUT2D eigenvalue weighted by molar-refractivity contribution is 5.94. The third-order valence-electron chi connectivity index (χ3n) is 7.08. The van der Waals surface area contributed by atoms with Crippen molar-refractivity contribution in [1.29, 1.82) is 0 Å². The number of fused-ring (bicyclic) bond motifs is 2. The summed E-state index contributed by atoms with van der Waals surface area (Å²) >= 11 is 0. The lowest BCUT2D eigenvalue weighted by molar-refractivity contribution is 0.453. The second-order valence-electron chi connectivity index (χ2n) is 10.1. The summed E-state index contributed by atoms with van der Waals surface area (Å²) in [6.45, 7) is 0. The van der Waals surface area contributed by atoms with Gasteiger partial charge in [-0.3, -0.25) is 0 Å². The van der Waals surface area contributed by atoms with E-state index in [1.54, 1.807) is 24.3 Å². The average molecular weight is 579 g/mol. The molecule has 0 saturated heterocycles. The second-order valence-corrected chi connectivity index (χ2v) is 10.1. The lowest BCUT2D eigenvalue weighted by Crippen LogP contribution is -1.90. The van der Waals surface area contributed by atoms with Gasteiger partial charge in [-0.25, -0.2) is 0 Å². The lowest BCUT2D eigenvalue weighted by Gasteiger charge is -2.13. The minimum absolute atomic E-state index is 0.210. The van der Waals surface area contributed by atoms with Gasteiger partial charge in [0.25, 0.3) is 0 Å². The van der Waals surface area contributed by atoms with E-state index in [2.05, 4.69) is 0 Å². The van der Waals surface area contributed by atoms with Gasteiger partial charge in [-0.2, -0.15) is 0 Å². The SMILES string of the molecule is Oc1ccc(Oc2cccc(Oc3ccc(Oc4cccc(Oc5ccc(O)c6ccccc56)c4)cc3)c2)c2ccccc12. The van der Waals surface area contributed by atoms with Crippen LogP contribution in [-0.4, -0.2) is 10.2 Å². The Kier molecular flexibility index (Phi) is 7.06. The monoisotopic (exact) mass is 578 g/mol. The van der Waals surface area contributed by atoms with Crippen LogP contribution >= 0.6 is 0 Å². The molecule has 2 N–H and O–H groups in total. The molecule has 0 aliphatic rings. The molecule has 6 heteroatoms. The van der Waals surface area contributed by atoms with Gasteiger partial charge in [-0.15, -0.1) is 0 Å². The van der Waals surface area contributed by atoms with Crippen molar-refractivity contribution < 1.29 is 29.2 Å². The zero-order valence-corrected chi connectivity index (χ0v) is 23.4. The maximum atomic E-state index is 10.2. The number of rotatable bonds is 8. The van der Waals surface area contributed by atoms with E-state index in [-0.39, 0.29) is 11.5 Å². The minimum atomic E-state index is 0.210. The predicted molar refractivity (Wildman–Crippen MR) is 171 cm³/mol. The largest absolute Gasteiger partial charge is 0.507 e. The van der Waals surface area contributed by atoms with Crippen LogP contribution in [0.15, 0.2) is 146 Å². The summed E-state index contributed by atoms with van der Waals surface area (Å²) in [7, 11) is 0. The first-order chi connectivity index (χ1) is 21.6. The van der Waals surface area contributed by atoms with Gasteiger partial charge in [-0.05, 0) is 72.8 Å². The van der Waals surface area contributed by atoms with E-state index >= 15 is 0 Å². The van der Waals surface area contributed by atoms with E-state index in [1.165, 1.54) is 0 Å². The summed E-state index contributed by atoms with van der Waals surface area (Å²) in [5.41, 5.74) is 0. The van der Waals surface area contributed by atoms with Gasteiger partial charge in [-0.1, -0.05) is 60.7 Å². The van der Waals surface area contributed by atoms with Crippen molar-refractivity contribution in [2.75, 3.05) is 0 Å². The highest BCUT2D eigenvalue weighted by Gasteiger charge is 2.10. The molecule has 0 saturated carbocycles. The van der Waals surface area contributed by atoms with Crippen molar-refractivity contribution in [3.8, 4) is 57.5 Å². The van der Waals surface area contributed by atoms with Crippen LogP contribution < -0.4 is 18.9 Å². The van der Waals surface area contributed by atoms with E-state index < -0.39 is 0 Å². The van der Waals surface area contributed by atoms with Crippen LogP contribution in [0.25, 0.3) is 21.5 Å². The Bertz CT molecular complexity index is 1950. The maximum Gasteiger partial charge on any atom is 0.135 e. The molecule has 0 aliphatic carbocycles. The number of ether oxygens (including phenoxy) is 4. The van der Waals surface area contributed by atoms with Gasteiger partial charge in [0.05, 0.1) is 0 Å². The highest BCUT2D eigenvalue weighted by atomic mass is 16.5. The van der Waals surface area contributed by atoms with Gasteiger partial charge >= 0.3 is 0 Å². The first kappa shape index (κ1) is 26.7. The molecule has 0 atom stereocenters. The molecule has 0 amide bonds. The smallest absolute Gasteiger partial charge is 0.135 e. The van der Waals surface area contributed by atoms with Crippen LogP contribution in [0.4, 0.5) is 0 Å². The van der Waals surface area contributed by atoms with Crippen molar-refractivity contribution in [2.45, 2.75) is 0 Å². The molecule has 7 aromatic rings. The van der Waals surface area contributed by atoms with E-state index in [0.29, 0.717) is 46.0 Å². The Morgan fingerprint density at radius 3 is 1.07 bits per heavy atom. The van der Waals surface area contributed by atoms with E-state index in [1.807, 2.05) is 121 Å². The van der Waals surface area contributed by atoms with Crippen LogP contribution in [0.2, 0.25) is 0 Å². The minimum Gasteiger partial charge on any atom is -0.507 e. The van der Waals surface area contributed by atoms with Crippen LogP contribution in [-0.2, 0) is 0 Å². The lowest BCUT2D eigenvalue weighted by atomic mass is 10.1. The molecular formula is C38H26O6. The zero-order chi connectivity index (χ0) is 29.9. The molecule has 0 heterocycles. The number of aromatic hydroxyl groups is 2. The maximum absolute atomic E-state index is 10.2. The van der Waals surface area contributed by atoms with Crippen molar-refractivity contribution >= 4 is 21.5 Å². The van der Waals surface area contributed by atoms with Gasteiger partial charge in [0, 0.05) is 33.7 Å². The summed E-state index contributed by atoms with van der Waals surface area (Å²) in [4.78, 5) is 0. The van der Waals surface area contributed by atoms with Crippen LogP contribution in [0.3, 0.4) is 0 Å². The number of hydrogen-bond donors (Lipinski definition) is 2. The van der Waals surface area contributed by atoms with E-state index in [9.17, 15) is 10.2 Å². The molecule has 7 aromatic carbocycles. The fourth-order valence-electron chi connectivity index (χ4n) is 4.99. The quantitative estimate of drug-likeness (QED) is 0.187. The van der Waals surface area contributed by atoms with Crippen LogP contribution in [0, 0.1) is 0 Å². The standard InChI is InChI=1S/C38H26O6/c39-35-19-21-37(33-13-3-1-11-31(33)35)43-29-9-5-7-27(23-29)41-25-15-17-26(18-16-25)42-28-8-6-10-30(24-28)44-38-22-20-36(40)32-12-2-4-14-34(32)38/h1-24,39-40H. The van der Waals surface area contributed by atoms with Crippen LogP contribution in [0.5, 0.6) is 57.5 Å². The van der Waals surface area contributed by atoms with Crippen molar-refractivity contribution in [2.24, 2.45) is 0 Å². The molecule has 0 fully saturated rings. The molecule has 214 valence electrons. The van der Waals surface area contributed by atoms with Gasteiger partial charge in [0.1, 0.15) is 57.5 Å². The van der Waals surface area contributed by atoms with Gasteiger partial charge < -0.3 is 29.2 Å². The number of phenolic OH excluding ortho intramolecular Hbond substituents is 2. The normalized spacial score (nSPS) is 10.9. The molecule has 0 radical (unpaired) electrons. The third-order valence-corrected chi connectivity index (χ3v) is 7.08. The molecule has 7 rings (SSSR count). The van der Waals surface area contributed by atoms with Crippen molar-refractivity contribution in [1.82, 2.24) is 0 Å². The first-order valence-corrected chi connectivity index (χ1v) is 14.0. The molecular weight excluding hydrogens is 552 g/mol. The summed E-state index contributed by atoms with van der Waals surface area (Å²) in [5, 5.41) is 23.5. The number of benzene rings is 7. The van der Waals surface area contributed by atoms with Gasteiger partial charge in [0.15, 0.2) is 0 Å². The first-order valence-electron chi connectivity index (χ1n) is 14.0. The Morgan fingerprint density at radius 1 is 0.295 bits per heavy atom. The van der Waals surface area contributed by atoms with E-state index in [4.69, 9.17) is 18.9 Å². The molecule has 44 heavy (non-hydrogen) atoms. The summed E-state index contributed by atoms with van der Waals surface area (Å²) in [5.74, 6) is 5.44. The fourth-order valence-corrected chi connectivity index (χ4v) is 4.99. The van der Waals surface area contributed by atoms with Crippen molar-refractivity contribution in [3.05, 3.63) is 146 Å². The third kappa shape index (κ3) is 5.65. The summed E-state index contributed by atoms with van der Waals surface area (Å²) < 4.78 is 24.5. The molecule has 0 unspecified atom stereocenters. The Hall–Kier alpha value is -6.14. The Morgan fingerprint density at radius 2 is 0.659 bits per heavy atom. The molecule has 0 bridgehead atoms. The molecule has 0 aliphatic heterocycles. The average Bonchev–Trinajstić information content (AvgIpc) is 3.05. The molecule has 6 nitrogen and oxygen atoms in total. The Balaban J connectivity index is 1.02. The zero-order valence-electron chi connectivity index (χ0n) is 23.4. The topological polar surface area (TPSA) is 77.4 Å². The van der Waals surface area contributed by atoms with Gasteiger partial charge in [0.2, 0.25) is 0 Å². The number of hydrogen-bond acceptors (Lipinski definition) is 6. The summed E-state index contributed by atoms with van der Waals surface area (Å²) in [6, 6.07) is 44.0. The van der Waals surface area contributed by atoms with Crippen LogP contribution in [0.1, 0.15) is 0 Å².